The topological polar surface area (TPSA) is 46.2 Å². The molecule has 0 aliphatic rings. The Morgan fingerprint density at radius 3 is 1.88 bits per heavy atom. The van der Waals surface area contributed by atoms with Crippen molar-refractivity contribution in [1.82, 2.24) is 0 Å². The van der Waals surface area contributed by atoms with Gasteiger partial charge in [-0.2, -0.15) is 13.2 Å². The summed E-state index contributed by atoms with van der Waals surface area (Å²) in [4.78, 5) is 0. The van der Waals surface area contributed by atoms with Crippen molar-refractivity contribution in [2.24, 2.45) is 5.73 Å². The largest absolute Gasteiger partial charge is 0.416 e. The number of alkyl halides is 3. The molecule has 0 aromatic heterocycles. The smallest absolute Gasteiger partial charge is 0.382 e. The molecule has 3 N–H and O–H groups in total. The van der Waals surface area contributed by atoms with E-state index >= 15 is 0 Å². The van der Waals surface area contributed by atoms with Crippen LogP contribution >= 0.6 is 35.6 Å². The summed E-state index contributed by atoms with van der Waals surface area (Å²) in [6.07, 6.45) is -7.43. The van der Waals surface area contributed by atoms with Crippen molar-refractivity contribution in [3.8, 4) is 0 Å². The number of aliphatic hydroxyl groups excluding tert-OH is 1. The van der Waals surface area contributed by atoms with Crippen LogP contribution < -0.4 is 5.73 Å². The number of hydrogen-bond donors (Lipinski definition) is 2. The molecule has 8 heteroatoms. The minimum absolute atomic E-state index is 0. The quantitative estimate of drug-likeness (QED) is 0.880. The highest BCUT2D eigenvalue weighted by atomic mass is 35.5. The minimum Gasteiger partial charge on any atom is -0.382 e. The number of benzene rings is 1. The molecule has 0 spiro atoms. The van der Waals surface area contributed by atoms with Crippen molar-refractivity contribution in [1.29, 1.82) is 0 Å². The van der Waals surface area contributed by atoms with Crippen LogP contribution in [-0.2, 0) is 0 Å². The SMILES string of the molecule is Cl.N[C@@H](c1cc(Cl)cc(Cl)c1)[C@H](O)C(F)(F)F. The maximum Gasteiger partial charge on any atom is 0.416 e. The Morgan fingerprint density at radius 1 is 1.12 bits per heavy atom. The van der Waals surface area contributed by atoms with Crippen molar-refractivity contribution in [3.63, 3.8) is 0 Å². The number of rotatable bonds is 2. The summed E-state index contributed by atoms with van der Waals surface area (Å²) in [6.45, 7) is 0. The van der Waals surface area contributed by atoms with Crippen LogP contribution in [0, 0.1) is 0 Å². The summed E-state index contributed by atoms with van der Waals surface area (Å²) in [5, 5.41) is 9.27. The fourth-order valence-electron chi connectivity index (χ4n) is 1.15. The Hall–Kier alpha value is -0.200. The lowest BCUT2D eigenvalue weighted by Gasteiger charge is -2.21. The molecule has 17 heavy (non-hydrogen) atoms. The van der Waals surface area contributed by atoms with Gasteiger partial charge < -0.3 is 10.8 Å². The maximum atomic E-state index is 12.2. The minimum atomic E-state index is -4.78. The third kappa shape index (κ3) is 4.52. The van der Waals surface area contributed by atoms with E-state index in [1.54, 1.807) is 0 Å². The van der Waals surface area contributed by atoms with Gasteiger partial charge in [-0.15, -0.1) is 12.4 Å². The highest BCUT2D eigenvalue weighted by molar-refractivity contribution is 6.34. The van der Waals surface area contributed by atoms with Crippen molar-refractivity contribution in [2.75, 3.05) is 0 Å². The van der Waals surface area contributed by atoms with Gasteiger partial charge in [-0.05, 0) is 23.8 Å². The maximum absolute atomic E-state index is 12.2. The molecular formula is C9H9Cl3F3NO. The standard InChI is InChI=1S/C9H8Cl2F3NO.ClH/c10-5-1-4(2-6(11)3-5)7(15)8(16)9(12,13)14;/h1-3,7-8,16H,15H2;1H/t7-,8-;/m0./s1. The molecule has 0 aliphatic carbocycles. The van der Waals surface area contributed by atoms with Gasteiger partial charge in [0.2, 0.25) is 0 Å². The van der Waals surface area contributed by atoms with E-state index in [-0.39, 0.29) is 28.0 Å². The van der Waals surface area contributed by atoms with Gasteiger partial charge in [0.25, 0.3) is 0 Å². The third-order valence-corrected chi connectivity index (χ3v) is 2.38. The first kappa shape index (κ1) is 16.8. The Labute approximate surface area is 112 Å². The summed E-state index contributed by atoms with van der Waals surface area (Å²) in [7, 11) is 0. The van der Waals surface area contributed by atoms with Crippen molar-refractivity contribution < 1.29 is 18.3 Å². The van der Waals surface area contributed by atoms with E-state index in [2.05, 4.69) is 0 Å². The molecule has 2 nitrogen and oxygen atoms in total. The van der Waals surface area contributed by atoms with Crippen LogP contribution in [0.5, 0.6) is 0 Å². The van der Waals surface area contributed by atoms with E-state index in [9.17, 15) is 13.2 Å². The molecule has 1 aromatic rings. The van der Waals surface area contributed by atoms with Gasteiger partial charge in [0.15, 0.2) is 6.10 Å². The van der Waals surface area contributed by atoms with E-state index in [1.807, 2.05) is 0 Å². The lowest BCUT2D eigenvalue weighted by Crippen LogP contribution is -2.38. The monoisotopic (exact) mass is 309 g/mol. The third-order valence-electron chi connectivity index (χ3n) is 1.95. The van der Waals surface area contributed by atoms with E-state index in [4.69, 9.17) is 34.0 Å². The molecule has 98 valence electrons. The molecule has 0 amide bonds. The van der Waals surface area contributed by atoms with Crippen LogP contribution in [0.2, 0.25) is 10.0 Å². The molecule has 2 atom stereocenters. The number of aliphatic hydroxyl groups is 1. The molecule has 0 heterocycles. The Balaban J connectivity index is 0.00000256. The highest BCUT2D eigenvalue weighted by Crippen LogP contribution is 2.31. The highest BCUT2D eigenvalue weighted by Gasteiger charge is 2.42. The van der Waals surface area contributed by atoms with Gasteiger partial charge in [0, 0.05) is 10.0 Å². The van der Waals surface area contributed by atoms with E-state index in [0.29, 0.717) is 0 Å². The van der Waals surface area contributed by atoms with Gasteiger partial charge in [-0.3, -0.25) is 0 Å². The molecule has 0 bridgehead atoms. The molecule has 0 unspecified atom stereocenters. The van der Waals surface area contributed by atoms with Gasteiger partial charge in [-0.25, -0.2) is 0 Å². The molecule has 0 fully saturated rings. The van der Waals surface area contributed by atoms with E-state index in [0.717, 1.165) is 0 Å². The molecule has 0 radical (unpaired) electrons. The predicted octanol–water partition coefficient (Wildman–Crippen LogP) is 3.34. The molecule has 1 aromatic carbocycles. The van der Waals surface area contributed by atoms with Crippen LogP contribution in [-0.4, -0.2) is 17.4 Å². The Kier molecular flexibility index (Phi) is 6.04. The molecule has 1 rings (SSSR count). The molecule has 0 saturated heterocycles. The first-order chi connectivity index (χ1) is 7.21. The lowest BCUT2D eigenvalue weighted by molar-refractivity contribution is -0.210. The average molecular weight is 311 g/mol. The van der Waals surface area contributed by atoms with Gasteiger partial charge in [0.05, 0.1) is 6.04 Å². The van der Waals surface area contributed by atoms with Crippen LogP contribution in [0.25, 0.3) is 0 Å². The van der Waals surface area contributed by atoms with Crippen molar-refractivity contribution in [2.45, 2.75) is 18.3 Å². The number of nitrogens with two attached hydrogens (primary N) is 1. The van der Waals surface area contributed by atoms with E-state index < -0.39 is 18.3 Å². The van der Waals surface area contributed by atoms with Crippen LogP contribution in [0.4, 0.5) is 13.2 Å². The second-order valence-electron chi connectivity index (χ2n) is 3.22. The second-order valence-corrected chi connectivity index (χ2v) is 4.09. The zero-order chi connectivity index (χ0) is 12.5. The Morgan fingerprint density at radius 2 is 1.53 bits per heavy atom. The summed E-state index contributed by atoms with van der Waals surface area (Å²) in [6, 6.07) is 2.20. The lowest BCUT2D eigenvalue weighted by atomic mass is 10.0. The van der Waals surface area contributed by atoms with Crippen molar-refractivity contribution >= 4 is 35.6 Å². The first-order valence-electron chi connectivity index (χ1n) is 4.18. The van der Waals surface area contributed by atoms with Crippen LogP contribution in [0.15, 0.2) is 18.2 Å². The zero-order valence-electron chi connectivity index (χ0n) is 8.21. The van der Waals surface area contributed by atoms with Gasteiger partial charge in [0.1, 0.15) is 0 Å². The summed E-state index contributed by atoms with van der Waals surface area (Å²) in [5.41, 5.74) is 5.31. The fraction of sp³-hybridized carbons (Fsp3) is 0.333. The molecule has 0 saturated carbocycles. The van der Waals surface area contributed by atoms with E-state index in [1.165, 1.54) is 18.2 Å². The second kappa shape index (κ2) is 6.11. The number of hydrogen-bond acceptors (Lipinski definition) is 2. The normalized spacial score (nSPS) is 15.0. The van der Waals surface area contributed by atoms with Crippen LogP contribution in [0.3, 0.4) is 0 Å². The first-order valence-corrected chi connectivity index (χ1v) is 4.94. The fourth-order valence-corrected chi connectivity index (χ4v) is 1.70. The predicted molar refractivity (Wildman–Crippen MR) is 62.7 cm³/mol. The van der Waals surface area contributed by atoms with Crippen molar-refractivity contribution in [3.05, 3.63) is 33.8 Å². The average Bonchev–Trinajstić information content (AvgIpc) is 2.12. The number of halogens is 6. The van der Waals surface area contributed by atoms with Gasteiger partial charge in [-0.1, -0.05) is 23.2 Å². The van der Waals surface area contributed by atoms with Crippen LogP contribution in [0.1, 0.15) is 11.6 Å². The molecule has 0 aliphatic heterocycles. The zero-order valence-corrected chi connectivity index (χ0v) is 10.5. The van der Waals surface area contributed by atoms with Gasteiger partial charge >= 0.3 is 6.18 Å². The summed E-state index contributed by atoms with van der Waals surface area (Å²) >= 11 is 11.2. The molecular weight excluding hydrogens is 301 g/mol. The summed E-state index contributed by atoms with van der Waals surface area (Å²) < 4.78 is 36.6. The Bertz CT molecular complexity index is 366. The summed E-state index contributed by atoms with van der Waals surface area (Å²) in [5.74, 6) is 0.